The summed E-state index contributed by atoms with van der Waals surface area (Å²) in [6.45, 7) is 10.2. The Morgan fingerprint density at radius 2 is 1.94 bits per heavy atom. The number of hydrogen-bond acceptors (Lipinski definition) is 7. The molecule has 1 saturated heterocycles. The largest absolute Gasteiger partial charge is 0.444 e. The van der Waals surface area contributed by atoms with Gasteiger partial charge in [0.2, 0.25) is 0 Å². The number of nitrogens with one attached hydrogen (secondary N) is 1. The number of ether oxygens (including phenoxy) is 1. The van der Waals surface area contributed by atoms with E-state index in [1.165, 1.54) is 23.5 Å². The van der Waals surface area contributed by atoms with Gasteiger partial charge in [-0.2, -0.15) is 0 Å². The highest BCUT2D eigenvalue weighted by molar-refractivity contribution is 7.13. The maximum atomic E-state index is 13.6. The van der Waals surface area contributed by atoms with E-state index in [9.17, 15) is 14.0 Å². The molecule has 1 fully saturated rings. The van der Waals surface area contributed by atoms with Crippen molar-refractivity contribution < 1.29 is 23.2 Å². The second-order valence-corrected chi connectivity index (χ2v) is 11.1. The average Bonchev–Trinajstić information content (AvgIpc) is 3.48. The van der Waals surface area contributed by atoms with Crippen LogP contribution in [-0.4, -0.2) is 51.8 Å². The zero-order valence-corrected chi connectivity index (χ0v) is 21.9. The highest BCUT2D eigenvalue weighted by Gasteiger charge is 2.37. The molecule has 0 saturated carbocycles. The third kappa shape index (κ3) is 6.10. The summed E-state index contributed by atoms with van der Waals surface area (Å²) >= 11 is 1.32. The van der Waals surface area contributed by atoms with Crippen LogP contribution in [0.2, 0.25) is 0 Å². The van der Waals surface area contributed by atoms with E-state index >= 15 is 0 Å². The number of carbonyl (C=O) groups is 2. The molecule has 2 amide bonds. The number of piperidine rings is 1. The summed E-state index contributed by atoms with van der Waals surface area (Å²) in [7, 11) is 0. The molecule has 10 heteroatoms. The second-order valence-electron chi connectivity index (χ2n) is 10.3. The second kappa shape index (κ2) is 10.4. The van der Waals surface area contributed by atoms with E-state index in [2.05, 4.69) is 15.5 Å². The lowest BCUT2D eigenvalue weighted by atomic mass is 9.79. The van der Waals surface area contributed by atoms with Gasteiger partial charge in [0, 0.05) is 42.4 Å². The number of hydrogen-bond donors (Lipinski definition) is 1. The minimum atomic E-state index is -0.599. The number of rotatable bonds is 5. The lowest BCUT2D eigenvalue weighted by Gasteiger charge is -2.38. The summed E-state index contributed by atoms with van der Waals surface area (Å²) in [6.07, 6.45) is 0.247. The minimum absolute atomic E-state index is 0.0104. The maximum absolute atomic E-state index is 13.6. The van der Waals surface area contributed by atoms with E-state index in [4.69, 9.17) is 9.26 Å². The fraction of sp³-hybridized carbons (Fsp3) is 0.462. The zero-order chi connectivity index (χ0) is 26.0. The van der Waals surface area contributed by atoms with Crippen molar-refractivity contribution >= 4 is 23.3 Å². The SMILES string of the molecule is CC(C)NC(=O)c1csc(-c2cc(C3CCN(C(=O)OC(C)(C)C)CC3c3ccc(F)cc3)on2)n1. The van der Waals surface area contributed by atoms with Crippen molar-refractivity contribution in [2.24, 2.45) is 0 Å². The zero-order valence-electron chi connectivity index (χ0n) is 21.1. The number of carbonyl (C=O) groups excluding carboxylic acids is 2. The fourth-order valence-electron chi connectivity index (χ4n) is 4.23. The first kappa shape index (κ1) is 25.8. The van der Waals surface area contributed by atoms with Crippen LogP contribution in [-0.2, 0) is 4.74 Å². The molecule has 36 heavy (non-hydrogen) atoms. The summed E-state index contributed by atoms with van der Waals surface area (Å²) in [5, 5.41) is 9.33. The van der Waals surface area contributed by atoms with E-state index < -0.39 is 5.60 Å². The molecule has 0 bridgehead atoms. The third-order valence-corrected chi connectivity index (χ3v) is 6.70. The fourth-order valence-corrected chi connectivity index (χ4v) is 4.98. The minimum Gasteiger partial charge on any atom is -0.444 e. The van der Waals surface area contributed by atoms with E-state index in [0.717, 1.165) is 5.56 Å². The Kier molecular flexibility index (Phi) is 7.44. The van der Waals surface area contributed by atoms with Crippen molar-refractivity contribution in [3.63, 3.8) is 0 Å². The maximum Gasteiger partial charge on any atom is 0.410 e. The Morgan fingerprint density at radius 1 is 1.22 bits per heavy atom. The Morgan fingerprint density at radius 3 is 2.61 bits per heavy atom. The van der Waals surface area contributed by atoms with Gasteiger partial charge in [-0.1, -0.05) is 17.3 Å². The average molecular weight is 515 g/mol. The Labute approximate surface area is 213 Å². The van der Waals surface area contributed by atoms with Crippen LogP contribution < -0.4 is 5.32 Å². The lowest BCUT2D eigenvalue weighted by molar-refractivity contribution is 0.0176. The molecule has 1 N–H and O–H groups in total. The van der Waals surface area contributed by atoms with Crippen LogP contribution in [0.5, 0.6) is 0 Å². The third-order valence-electron chi connectivity index (χ3n) is 5.83. The summed E-state index contributed by atoms with van der Waals surface area (Å²) in [5.74, 6) is -0.123. The van der Waals surface area contributed by atoms with E-state index in [1.54, 1.807) is 22.4 Å². The molecule has 1 aliphatic heterocycles. The van der Waals surface area contributed by atoms with Crippen molar-refractivity contribution in [2.45, 2.75) is 64.5 Å². The smallest absolute Gasteiger partial charge is 0.410 e. The highest BCUT2D eigenvalue weighted by atomic mass is 32.1. The van der Waals surface area contributed by atoms with Gasteiger partial charge in [-0.25, -0.2) is 14.2 Å². The standard InChI is InChI=1S/C26H31FN4O4S/c1-15(2)28-23(32)21-14-36-24(29-21)20-12-22(35-30-20)18-10-11-31(25(33)34-26(3,4)5)13-19(18)16-6-8-17(27)9-7-16/h6-9,12,14-15,18-19H,10-11,13H2,1-5H3,(H,28,32). The van der Waals surface area contributed by atoms with Gasteiger partial charge in [-0.3, -0.25) is 4.79 Å². The highest BCUT2D eigenvalue weighted by Crippen LogP contribution is 2.41. The Hall–Kier alpha value is -3.27. The molecule has 1 aromatic carbocycles. The molecular formula is C26H31FN4O4S. The quantitative estimate of drug-likeness (QED) is 0.477. The molecule has 2 unspecified atom stereocenters. The molecule has 4 rings (SSSR count). The van der Waals surface area contributed by atoms with Crippen LogP contribution in [0.4, 0.5) is 9.18 Å². The van der Waals surface area contributed by atoms with Crippen molar-refractivity contribution in [2.75, 3.05) is 13.1 Å². The van der Waals surface area contributed by atoms with Gasteiger partial charge in [-0.15, -0.1) is 11.3 Å². The molecular weight excluding hydrogens is 483 g/mol. The van der Waals surface area contributed by atoms with Gasteiger partial charge in [0.25, 0.3) is 5.91 Å². The first-order valence-electron chi connectivity index (χ1n) is 12.0. The van der Waals surface area contributed by atoms with E-state index in [0.29, 0.717) is 41.7 Å². The molecule has 3 heterocycles. The molecule has 1 aliphatic rings. The predicted octanol–water partition coefficient (Wildman–Crippen LogP) is 5.58. The first-order valence-corrected chi connectivity index (χ1v) is 12.8. The number of halogens is 1. The monoisotopic (exact) mass is 514 g/mol. The topological polar surface area (TPSA) is 97.6 Å². The van der Waals surface area contributed by atoms with Gasteiger partial charge in [0.15, 0.2) is 0 Å². The summed E-state index contributed by atoms with van der Waals surface area (Å²) in [6, 6.07) is 8.17. The number of likely N-dealkylation sites (tertiary alicyclic amines) is 1. The molecule has 8 nitrogen and oxygen atoms in total. The predicted molar refractivity (Wildman–Crippen MR) is 135 cm³/mol. The molecule has 0 spiro atoms. The first-order chi connectivity index (χ1) is 17.0. The van der Waals surface area contributed by atoms with Gasteiger partial charge < -0.3 is 19.5 Å². The normalized spacial score (nSPS) is 18.4. The van der Waals surface area contributed by atoms with Crippen molar-refractivity contribution in [3.8, 4) is 10.7 Å². The summed E-state index contributed by atoms with van der Waals surface area (Å²) in [4.78, 5) is 31.1. The van der Waals surface area contributed by atoms with Crippen LogP contribution in [0.3, 0.4) is 0 Å². The van der Waals surface area contributed by atoms with Crippen LogP contribution in [0.15, 0.2) is 40.2 Å². The van der Waals surface area contributed by atoms with Gasteiger partial charge in [0.05, 0.1) is 0 Å². The van der Waals surface area contributed by atoms with Crippen LogP contribution in [0, 0.1) is 5.82 Å². The van der Waals surface area contributed by atoms with E-state index in [-0.39, 0.29) is 35.7 Å². The number of benzene rings is 1. The summed E-state index contributed by atoms with van der Waals surface area (Å²) in [5.41, 5.74) is 1.18. The molecule has 0 radical (unpaired) electrons. The Balaban J connectivity index is 1.57. The number of aromatic nitrogens is 2. The van der Waals surface area contributed by atoms with Crippen molar-refractivity contribution in [1.29, 1.82) is 0 Å². The lowest BCUT2D eigenvalue weighted by Crippen LogP contribution is -2.44. The van der Waals surface area contributed by atoms with Crippen LogP contribution >= 0.6 is 11.3 Å². The van der Waals surface area contributed by atoms with Crippen LogP contribution in [0.1, 0.15) is 74.7 Å². The number of nitrogens with zero attached hydrogens (tertiary/aromatic N) is 3. The van der Waals surface area contributed by atoms with Gasteiger partial charge >= 0.3 is 6.09 Å². The van der Waals surface area contributed by atoms with E-state index in [1.807, 2.05) is 40.7 Å². The molecule has 2 atom stereocenters. The van der Waals surface area contributed by atoms with Crippen LogP contribution in [0.25, 0.3) is 10.7 Å². The van der Waals surface area contributed by atoms with Gasteiger partial charge in [0.1, 0.15) is 33.6 Å². The number of amides is 2. The number of thiazole rings is 1. The Bertz CT molecular complexity index is 1220. The summed E-state index contributed by atoms with van der Waals surface area (Å²) < 4.78 is 25.0. The van der Waals surface area contributed by atoms with Crippen molar-refractivity contribution in [3.05, 3.63) is 58.5 Å². The molecule has 3 aromatic rings. The van der Waals surface area contributed by atoms with Gasteiger partial charge in [-0.05, 0) is 58.7 Å². The molecule has 192 valence electrons. The van der Waals surface area contributed by atoms with Crippen molar-refractivity contribution in [1.82, 2.24) is 20.4 Å². The molecule has 2 aromatic heterocycles. The molecule has 0 aliphatic carbocycles.